The Bertz CT molecular complexity index is 2320. The molecular weight excluding hydrogens is 803 g/mol. The lowest BCUT2D eigenvalue weighted by molar-refractivity contribution is -0.697. The van der Waals surface area contributed by atoms with Crippen LogP contribution in [0.2, 0.25) is 0 Å². The Morgan fingerprint density at radius 1 is 0.500 bits per heavy atom. The molecule has 0 fully saturated rings. The normalized spacial score (nSPS) is 13.0. The van der Waals surface area contributed by atoms with Crippen LogP contribution in [0.5, 0.6) is 23.0 Å². The van der Waals surface area contributed by atoms with Gasteiger partial charge < -0.3 is 18.4 Å². The van der Waals surface area contributed by atoms with Gasteiger partial charge in [-0.1, -0.05) is 17.7 Å². The summed E-state index contributed by atoms with van der Waals surface area (Å²) in [6.45, 7) is 19.0. The van der Waals surface area contributed by atoms with Crippen molar-refractivity contribution >= 4 is 36.2 Å². The Balaban J connectivity index is 1.77. The molecule has 12 nitrogen and oxygen atoms in total. The van der Waals surface area contributed by atoms with E-state index in [4.69, 9.17) is 22.7 Å². The van der Waals surface area contributed by atoms with Gasteiger partial charge in [0.2, 0.25) is 5.75 Å². The number of rotatable bonds is 13. The Morgan fingerprint density at radius 2 is 0.845 bits per heavy atom. The van der Waals surface area contributed by atoms with E-state index >= 15 is 0 Å². The van der Waals surface area contributed by atoms with E-state index in [9.17, 15) is 26.3 Å². The SMILES string of the molecule is Cc1ccc(S(=O)(=O)Oc2ccc(S(=O)(=O)O)cc2[N+](=O)OS(c2ccc(OC(C)(C)C)cc2)(c2ccc(OC(C)(C)C)cc2)c2ccc(OC(C)(C)C)cc2)cc1. The fourth-order valence-corrected chi connectivity index (χ4v) is 9.94. The number of aryl methyl sites for hydroxylation is 1. The summed E-state index contributed by atoms with van der Waals surface area (Å²) in [5, 5.41) is 0. The molecule has 0 aliphatic heterocycles. The van der Waals surface area contributed by atoms with E-state index in [0.717, 1.165) is 23.8 Å². The molecule has 1 N–H and O–H groups in total. The van der Waals surface area contributed by atoms with E-state index in [2.05, 4.69) is 0 Å². The highest BCUT2D eigenvalue weighted by Gasteiger charge is 2.44. The molecule has 0 heterocycles. The summed E-state index contributed by atoms with van der Waals surface area (Å²) in [7, 11) is -12.7. The van der Waals surface area contributed by atoms with Gasteiger partial charge in [-0.3, -0.25) is 4.55 Å². The molecule has 0 aromatic heterocycles. The van der Waals surface area contributed by atoms with Gasteiger partial charge in [0.1, 0.15) is 43.8 Å². The average molecular weight is 853 g/mol. The van der Waals surface area contributed by atoms with Crippen LogP contribution in [0.4, 0.5) is 5.69 Å². The molecule has 310 valence electrons. The van der Waals surface area contributed by atoms with Crippen molar-refractivity contribution in [1.82, 2.24) is 0 Å². The first-order valence-electron chi connectivity index (χ1n) is 18.2. The summed E-state index contributed by atoms with van der Waals surface area (Å²) in [5.74, 6) is 1.07. The first-order chi connectivity index (χ1) is 26.7. The van der Waals surface area contributed by atoms with Crippen LogP contribution in [0.1, 0.15) is 67.9 Å². The molecule has 0 aliphatic carbocycles. The van der Waals surface area contributed by atoms with Crippen molar-refractivity contribution in [3.8, 4) is 23.0 Å². The van der Waals surface area contributed by atoms with Gasteiger partial charge >= 0.3 is 15.8 Å². The maximum atomic E-state index is 14.8. The molecule has 0 atom stereocenters. The zero-order valence-electron chi connectivity index (χ0n) is 34.2. The van der Waals surface area contributed by atoms with E-state index in [-0.39, 0.29) is 9.82 Å². The number of nitrogens with zero attached hydrogens (tertiary/aromatic N) is 1. The molecule has 15 heteroatoms. The predicted octanol–water partition coefficient (Wildman–Crippen LogP) is 10.8. The van der Waals surface area contributed by atoms with Crippen molar-refractivity contribution < 1.29 is 49.0 Å². The molecule has 0 bridgehead atoms. The molecular formula is C43H50NO11S3+. The van der Waals surface area contributed by atoms with Gasteiger partial charge in [0.15, 0.2) is 0 Å². The van der Waals surface area contributed by atoms with Crippen molar-refractivity contribution in [2.45, 2.75) is 111 Å². The summed E-state index contributed by atoms with van der Waals surface area (Å²) < 4.78 is 92.4. The minimum absolute atomic E-state index is 0.0166. The van der Waals surface area contributed by atoms with E-state index in [0.29, 0.717) is 31.9 Å². The number of benzene rings is 5. The molecule has 0 amide bonds. The van der Waals surface area contributed by atoms with Crippen LogP contribution >= 0.6 is 10.3 Å². The third-order valence-corrected chi connectivity index (χ3v) is 13.1. The topological polar surface area (TPSA) is 155 Å². The number of hydrogen-bond donors (Lipinski definition) is 1. The quantitative estimate of drug-likeness (QED) is 0.0683. The van der Waals surface area contributed by atoms with Gasteiger partial charge in [-0.05, 0) is 166 Å². The van der Waals surface area contributed by atoms with Crippen LogP contribution < -0.4 is 18.4 Å². The Labute approximate surface area is 343 Å². The van der Waals surface area contributed by atoms with Gasteiger partial charge in [-0.25, -0.2) is 0 Å². The largest absolute Gasteiger partial charge is 0.488 e. The van der Waals surface area contributed by atoms with Crippen LogP contribution in [0.3, 0.4) is 0 Å². The fraction of sp³-hybridized carbons (Fsp3) is 0.302. The zero-order valence-corrected chi connectivity index (χ0v) is 36.6. The molecule has 58 heavy (non-hydrogen) atoms. The van der Waals surface area contributed by atoms with Crippen LogP contribution in [0.15, 0.2) is 140 Å². The minimum atomic E-state index is -4.90. The van der Waals surface area contributed by atoms with Gasteiger partial charge in [-0.2, -0.15) is 21.1 Å². The first-order valence-corrected chi connectivity index (χ1v) is 22.7. The lowest BCUT2D eigenvalue weighted by Crippen LogP contribution is -2.23. The Kier molecular flexibility index (Phi) is 12.4. The van der Waals surface area contributed by atoms with Gasteiger partial charge in [0.05, 0.1) is 15.2 Å². The summed E-state index contributed by atoms with van der Waals surface area (Å²) in [6, 6.07) is 29.5. The van der Waals surface area contributed by atoms with E-state index in [1.807, 2.05) is 62.3 Å². The molecule has 0 unspecified atom stereocenters. The van der Waals surface area contributed by atoms with Crippen molar-refractivity contribution in [2.75, 3.05) is 0 Å². The molecule has 0 spiro atoms. The Hall–Kier alpha value is -5.09. The first kappa shape index (κ1) is 44.0. The minimum Gasteiger partial charge on any atom is -0.488 e. The van der Waals surface area contributed by atoms with Crippen LogP contribution in [0, 0.1) is 11.8 Å². The van der Waals surface area contributed by atoms with Crippen LogP contribution in [0.25, 0.3) is 0 Å². The van der Waals surface area contributed by atoms with E-state index in [1.54, 1.807) is 91.9 Å². The second kappa shape index (κ2) is 16.3. The van der Waals surface area contributed by atoms with Crippen LogP contribution in [-0.4, -0.2) is 43.1 Å². The lowest BCUT2D eigenvalue weighted by Gasteiger charge is -2.35. The smallest absolute Gasteiger partial charge is 0.362 e. The fourth-order valence-electron chi connectivity index (χ4n) is 5.58. The molecule has 5 rings (SSSR count). The molecule has 0 radical (unpaired) electrons. The van der Waals surface area contributed by atoms with E-state index in [1.165, 1.54) is 12.1 Å². The second-order valence-electron chi connectivity index (χ2n) is 16.4. The van der Waals surface area contributed by atoms with Crippen molar-refractivity contribution in [1.29, 1.82) is 0 Å². The molecule has 0 aliphatic rings. The van der Waals surface area contributed by atoms with Gasteiger partial charge in [-0.15, -0.1) is 0 Å². The van der Waals surface area contributed by atoms with E-state index < -0.39 is 63.7 Å². The van der Waals surface area contributed by atoms with Crippen molar-refractivity contribution in [3.05, 3.63) is 126 Å². The Morgan fingerprint density at radius 3 is 1.19 bits per heavy atom. The summed E-state index contributed by atoms with van der Waals surface area (Å²) in [4.78, 5) is 15.4. The summed E-state index contributed by atoms with van der Waals surface area (Å²) in [5.41, 5.74) is -1.42. The van der Waals surface area contributed by atoms with Gasteiger partial charge in [0.25, 0.3) is 15.0 Å². The highest BCUT2D eigenvalue weighted by molar-refractivity contribution is 8.29. The second-order valence-corrected chi connectivity index (χ2v) is 22.0. The summed E-state index contributed by atoms with van der Waals surface area (Å²) in [6.07, 6.45) is 0. The van der Waals surface area contributed by atoms with Crippen LogP contribution in [-0.2, 0) is 24.5 Å². The highest BCUT2D eigenvalue weighted by Crippen LogP contribution is 2.70. The monoisotopic (exact) mass is 852 g/mol. The van der Waals surface area contributed by atoms with Gasteiger partial charge in [0, 0.05) is 20.8 Å². The highest BCUT2D eigenvalue weighted by atomic mass is 32.3. The van der Waals surface area contributed by atoms with Crippen molar-refractivity contribution in [3.63, 3.8) is 0 Å². The number of ether oxygens (including phenoxy) is 3. The molecule has 0 saturated carbocycles. The maximum Gasteiger partial charge on any atom is 0.362 e. The number of hydrogen-bond acceptors (Lipinski definition) is 10. The molecule has 5 aromatic carbocycles. The third-order valence-electron chi connectivity index (χ3n) is 7.85. The van der Waals surface area contributed by atoms with Crippen molar-refractivity contribution in [2.24, 2.45) is 0 Å². The molecule has 0 saturated heterocycles. The maximum absolute atomic E-state index is 14.8. The third kappa shape index (κ3) is 11.1. The average Bonchev–Trinajstić information content (AvgIpc) is 3.09. The predicted molar refractivity (Wildman–Crippen MR) is 222 cm³/mol. The lowest BCUT2D eigenvalue weighted by atomic mass is 10.2. The molecule has 5 aromatic rings. The zero-order chi connectivity index (χ0) is 42.9. The standard InChI is InChI=1S/C43H49NO11S3/c1-30-11-19-37(20-12-30)58(49,50)54-40-28-27-38(57(46,47)48)29-39(40)44(45)55-56(34-21-13-31(14-22-34)51-41(2,3)4,35-23-15-32(16-24-35)52-42(5,6)7)36-25-17-33(18-26-36)53-43(8,9)10/h11-29H,1-10H3/p+1. The summed E-state index contributed by atoms with van der Waals surface area (Å²) >= 11 is 0.